The Morgan fingerprint density at radius 1 is 0.654 bits per heavy atom. The van der Waals surface area contributed by atoms with Gasteiger partial charge in [0.15, 0.2) is 5.58 Å². The summed E-state index contributed by atoms with van der Waals surface area (Å²) in [5.74, 6) is 0. The molecule has 3 aromatic carbocycles. The first kappa shape index (κ1) is 13.7. The third-order valence-corrected chi connectivity index (χ3v) is 5.05. The van der Waals surface area contributed by atoms with Crippen molar-refractivity contribution in [3.8, 4) is 5.69 Å². The molecule has 3 heterocycles. The fraction of sp³-hybridized carbons (Fsp3) is 0. The predicted octanol–water partition coefficient (Wildman–Crippen LogP) is 6.08. The summed E-state index contributed by atoms with van der Waals surface area (Å²) in [7, 11) is 0. The maximum absolute atomic E-state index is 5.93. The number of hydrogen-bond acceptors (Lipinski definition) is 2. The zero-order valence-electron chi connectivity index (χ0n) is 13.9. The molecular formula is C23H14N2O. The van der Waals surface area contributed by atoms with Gasteiger partial charge in [-0.05, 0) is 42.5 Å². The van der Waals surface area contributed by atoms with Crippen LogP contribution in [0, 0.1) is 0 Å². The maximum Gasteiger partial charge on any atom is 0.153 e. The summed E-state index contributed by atoms with van der Waals surface area (Å²) in [5, 5.41) is 3.57. The van der Waals surface area contributed by atoms with Crippen LogP contribution in [0.15, 0.2) is 89.5 Å². The highest BCUT2D eigenvalue weighted by atomic mass is 16.3. The van der Waals surface area contributed by atoms with Crippen LogP contribution in [0.3, 0.4) is 0 Å². The lowest BCUT2D eigenvalue weighted by molar-refractivity contribution is 0.668. The number of nitrogens with zero attached hydrogens (tertiary/aromatic N) is 2. The minimum atomic E-state index is 0.821. The molecule has 0 unspecified atom stereocenters. The molecule has 0 aliphatic heterocycles. The molecule has 0 aliphatic carbocycles. The summed E-state index contributed by atoms with van der Waals surface area (Å²) < 4.78 is 8.24. The lowest BCUT2D eigenvalue weighted by atomic mass is 10.2. The van der Waals surface area contributed by atoms with Crippen molar-refractivity contribution in [1.82, 2.24) is 9.55 Å². The van der Waals surface area contributed by atoms with Crippen LogP contribution in [0.5, 0.6) is 0 Å². The monoisotopic (exact) mass is 334 g/mol. The van der Waals surface area contributed by atoms with Gasteiger partial charge >= 0.3 is 0 Å². The molecule has 26 heavy (non-hydrogen) atoms. The molecule has 3 aromatic heterocycles. The number of para-hydroxylation sites is 2. The standard InChI is InChI=1S/C23H14N2O/c1-3-8-19-16(6-1)17-7-2-4-9-20(17)25(19)15-11-12-21-18(14-15)23-22(26-21)10-5-13-24-23/h1-14H. The molecule has 3 nitrogen and oxygen atoms in total. The Labute approximate surface area is 149 Å². The molecule has 0 amide bonds. The Morgan fingerprint density at radius 2 is 1.38 bits per heavy atom. The van der Waals surface area contributed by atoms with Gasteiger partial charge in [0.2, 0.25) is 0 Å². The molecule has 122 valence electrons. The van der Waals surface area contributed by atoms with Gasteiger partial charge in [0.05, 0.1) is 11.0 Å². The Balaban J connectivity index is 1.76. The second-order valence-electron chi connectivity index (χ2n) is 6.50. The minimum absolute atomic E-state index is 0.821. The van der Waals surface area contributed by atoms with Gasteiger partial charge < -0.3 is 8.98 Å². The van der Waals surface area contributed by atoms with Gasteiger partial charge in [-0.25, -0.2) is 0 Å². The van der Waals surface area contributed by atoms with Crippen molar-refractivity contribution in [2.45, 2.75) is 0 Å². The zero-order chi connectivity index (χ0) is 17.1. The van der Waals surface area contributed by atoms with Crippen LogP contribution in [-0.2, 0) is 0 Å². The molecule has 0 aliphatic rings. The normalized spacial score (nSPS) is 11.8. The largest absolute Gasteiger partial charge is 0.454 e. The van der Waals surface area contributed by atoms with Crippen molar-refractivity contribution in [2.24, 2.45) is 0 Å². The molecule has 0 spiro atoms. The Morgan fingerprint density at radius 3 is 2.15 bits per heavy atom. The Hall–Kier alpha value is -3.59. The summed E-state index contributed by atoms with van der Waals surface area (Å²) in [5.41, 5.74) is 6.11. The van der Waals surface area contributed by atoms with Crippen LogP contribution in [0.4, 0.5) is 0 Å². The fourth-order valence-electron chi connectivity index (χ4n) is 3.93. The van der Waals surface area contributed by atoms with E-state index in [0.29, 0.717) is 0 Å². The van der Waals surface area contributed by atoms with E-state index in [0.717, 1.165) is 27.8 Å². The first-order valence-electron chi connectivity index (χ1n) is 8.66. The smallest absolute Gasteiger partial charge is 0.153 e. The third-order valence-electron chi connectivity index (χ3n) is 5.05. The number of aromatic nitrogens is 2. The zero-order valence-corrected chi connectivity index (χ0v) is 13.9. The number of fused-ring (bicyclic) bond motifs is 6. The third kappa shape index (κ3) is 1.74. The summed E-state index contributed by atoms with van der Waals surface area (Å²) in [4.78, 5) is 4.51. The van der Waals surface area contributed by atoms with Crippen LogP contribution in [0.2, 0.25) is 0 Å². The predicted molar refractivity (Wildman–Crippen MR) is 106 cm³/mol. The summed E-state index contributed by atoms with van der Waals surface area (Å²) in [6.45, 7) is 0. The van der Waals surface area contributed by atoms with E-state index in [1.165, 1.54) is 21.8 Å². The fourth-order valence-corrected chi connectivity index (χ4v) is 3.93. The summed E-state index contributed by atoms with van der Waals surface area (Å²) in [6, 6.07) is 27.3. The van der Waals surface area contributed by atoms with Crippen molar-refractivity contribution < 1.29 is 4.42 Å². The van der Waals surface area contributed by atoms with E-state index in [4.69, 9.17) is 4.42 Å². The number of pyridine rings is 1. The van der Waals surface area contributed by atoms with E-state index >= 15 is 0 Å². The lowest BCUT2D eigenvalue weighted by Crippen LogP contribution is -1.93. The van der Waals surface area contributed by atoms with Gasteiger partial charge in [-0.3, -0.25) is 4.98 Å². The van der Waals surface area contributed by atoms with Crippen molar-refractivity contribution in [2.75, 3.05) is 0 Å². The summed E-state index contributed by atoms with van der Waals surface area (Å²) in [6.07, 6.45) is 1.81. The van der Waals surface area contributed by atoms with Gasteiger partial charge in [0, 0.05) is 28.0 Å². The van der Waals surface area contributed by atoms with E-state index in [1.807, 2.05) is 24.4 Å². The van der Waals surface area contributed by atoms with Crippen LogP contribution in [-0.4, -0.2) is 9.55 Å². The highest BCUT2D eigenvalue weighted by molar-refractivity contribution is 6.10. The molecule has 6 aromatic rings. The maximum atomic E-state index is 5.93. The van der Waals surface area contributed by atoms with Crippen LogP contribution < -0.4 is 0 Å². The second-order valence-corrected chi connectivity index (χ2v) is 6.50. The Bertz CT molecular complexity index is 1390. The molecule has 0 radical (unpaired) electrons. The highest BCUT2D eigenvalue weighted by Crippen LogP contribution is 2.34. The molecule has 0 N–H and O–H groups in total. The second kappa shape index (κ2) is 4.96. The van der Waals surface area contributed by atoms with Gasteiger partial charge in [-0.15, -0.1) is 0 Å². The molecular weight excluding hydrogens is 320 g/mol. The van der Waals surface area contributed by atoms with E-state index in [9.17, 15) is 0 Å². The van der Waals surface area contributed by atoms with Crippen molar-refractivity contribution in [3.05, 3.63) is 85.1 Å². The molecule has 0 saturated heterocycles. The van der Waals surface area contributed by atoms with Crippen molar-refractivity contribution in [1.29, 1.82) is 0 Å². The topological polar surface area (TPSA) is 31.0 Å². The van der Waals surface area contributed by atoms with E-state index in [1.54, 1.807) is 0 Å². The summed E-state index contributed by atoms with van der Waals surface area (Å²) >= 11 is 0. The lowest BCUT2D eigenvalue weighted by Gasteiger charge is -2.07. The van der Waals surface area contributed by atoms with Crippen LogP contribution in [0.25, 0.3) is 49.6 Å². The average Bonchev–Trinajstić information content (AvgIpc) is 3.23. The van der Waals surface area contributed by atoms with Crippen LogP contribution in [0.1, 0.15) is 0 Å². The van der Waals surface area contributed by atoms with Gasteiger partial charge in [-0.2, -0.15) is 0 Å². The van der Waals surface area contributed by atoms with Gasteiger partial charge in [0.1, 0.15) is 11.1 Å². The number of benzene rings is 3. The first-order valence-corrected chi connectivity index (χ1v) is 8.66. The minimum Gasteiger partial charge on any atom is -0.454 e. The van der Waals surface area contributed by atoms with Crippen LogP contribution >= 0.6 is 0 Å². The van der Waals surface area contributed by atoms with E-state index in [2.05, 4.69) is 70.2 Å². The van der Waals surface area contributed by atoms with Crippen molar-refractivity contribution in [3.63, 3.8) is 0 Å². The molecule has 0 bridgehead atoms. The van der Waals surface area contributed by atoms with Gasteiger partial charge in [-0.1, -0.05) is 36.4 Å². The molecule has 0 fully saturated rings. The number of furan rings is 1. The van der Waals surface area contributed by atoms with E-state index < -0.39 is 0 Å². The number of rotatable bonds is 1. The highest BCUT2D eigenvalue weighted by Gasteiger charge is 2.13. The van der Waals surface area contributed by atoms with E-state index in [-0.39, 0.29) is 0 Å². The number of hydrogen-bond donors (Lipinski definition) is 0. The Kier molecular flexibility index (Phi) is 2.61. The first-order chi connectivity index (χ1) is 12.9. The van der Waals surface area contributed by atoms with Gasteiger partial charge in [0.25, 0.3) is 0 Å². The molecule has 3 heteroatoms. The average molecular weight is 334 g/mol. The molecule has 0 atom stereocenters. The quantitative estimate of drug-likeness (QED) is 0.365. The SMILES string of the molecule is c1cnc2c(c1)oc1ccc(-n3c4ccccc4c4ccccc43)cc12. The molecule has 0 saturated carbocycles. The molecule has 6 rings (SSSR count). The van der Waals surface area contributed by atoms with Crippen molar-refractivity contribution >= 4 is 43.9 Å².